The largest absolute Gasteiger partial charge is 0.369 e. The molecule has 5 heteroatoms. The first kappa shape index (κ1) is 14.0. The molecule has 2 aromatic rings. The van der Waals surface area contributed by atoms with Crippen molar-refractivity contribution in [2.45, 2.75) is 26.9 Å². The summed E-state index contributed by atoms with van der Waals surface area (Å²) in [6.45, 7) is 6.88. The van der Waals surface area contributed by atoms with Crippen LogP contribution in [0.25, 0.3) is 0 Å². The van der Waals surface area contributed by atoms with Crippen LogP contribution in [0.5, 0.6) is 0 Å². The number of thiazole rings is 1. The van der Waals surface area contributed by atoms with Gasteiger partial charge in [0.25, 0.3) is 0 Å². The van der Waals surface area contributed by atoms with Crippen molar-refractivity contribution in [3.05, 3.63) is 40.1 Å². The summed E-state index contributed by atoms with van der Waals surface area (Å²) < 4.78 is 0. The van der Waals surface area contributed by atoms with E-state index in [9.17, 15) is 0 Å². The van der Waals surface area contributed by atoms with Crippen molar-refractivity contribution < 1.29 is 0 Å². The van der Waals surface area contributed by atoms with E-state index in [2.05, 4.69) is 47.1 Å². The minimum atomic E-state index is 0.853. The lowest BCUT2D eigenvalue weighted by molar-refractivity contribution is 0.720. The summed E-state index contributed by atoms with van der Waals surface area (Å²) >= 11 is 1.71. The van der Waals surface area contributed by atoms with Gasteiger partial charge in [-0.25, -0.2) is 4.98 Å². The maximum absolute atomic E-state index is 4.30. The molecule has 0 spiro atoms. The maximum atomic E-state index is 4.30. The number of aromatic nitrogens is 2. The van der Waals surface area contributed by atoms with Gasteiger partial charge in [0.05, 0.1) is 17.7 Å². The number of anilines is 1. The first-order valence-corrected chi connectivity index (χ1v) is 7.34. The topological polar surface area (TPSA) is 41.1 Å². The molecule has 0 unspecified atom stereocenters. The highest BCUT2D eigenvalue weighted by Gasteiger charge is 2.10. The van der Waals surface area contributed by atoms with Crippen LogP contribution in [-0.4, -0.2) is 23.6 Å². The lowest BCUT2D eigenvalue weighted by Crippen LogP contribution is -2.20. The minimum absolute atomic E-state index is 0.853. The molecule has 0 aliphatic heterocycles. The van der Waals surface area contributed by atoms with Gasteiger partial charge in [-0.1, -0.05) is 6.92 Å². The van der Waals surface area contributed by atoms with Crippen LogP contribution in [0.1, 0.15) is 23.1 Å². The van der Waals surface area contributed by atoms with Crippen LogP contribution in [0.2, 0.25) is 0 Å². The fourth-order valence-electron chi connectivity index (χ4n) is 1.97. The molecule has 0 atom stereocenters. The fraction of sp³-hybridized carbons (Fsp3) is 0.429. The molecule has 0 saturated heterocycles. The highest BCUT2D eigenvalue weighted by atomic mass is 32.1. The quantitative estimate of drug-likeness (QED) is 0.880. The van der Waals surface area contributed by atoms with E-state index in [0.29, 0.717) is 0 Å². The van der Waals surface area contributed by atoms with Crippen LogP contribution in [0.4, 0.5) is 5.69 Å². The van der Waals surface area contributed by atoms with Crippen molar-refractivity contribution in [2.24, 2.45) is 0 Å². The minimum Gasteiger partial charge on any atom is -0.369 e. The fourth-order valence-corrected chi connectivity index (χ4v) is 2.80. The molecular formula is C14H20N4S. The van der Waals surface area contributed by atoms with E-state index >= 15 is 0 Å². The summed E-state index contributed by atoms with van der Waals surface area (Å²) in [5.74, 6) is 0. The molecule has 0 aliphatic rings. The maximum Gasteiger partial charge on any atom is 0.0798 e. The van der Waals surface area contributed by atoms with Gasteiger partial charge < -0.3 is 10.2 Å². The predicted molar refractivity (Wildman–Crippen MR) is 80.6 cm³/mol. The second kappa shape index (κ2) is 6.63. The molecule has 0 aliphatic carbocycles. The molecule has 0 aromatic carbocycles. The molecule has 0 radical (unpaired) electrons. The van der Waals surface area contributed by atoms with Crippen LogP contribution in [0, 0.1) is 6.92 Å². The Bertz CT molecular complexity index is 524. The first-order valence-electron chi connectivity index (χ1n) is 6.46. The molecule has 2 rings (SSSR count). The average Bonchev–Trinajstić information content (AvgIpc) is 2.82. The van der Waals surface area contributed by atoms with Gasteiger partial charge in [-0.15, -0.1) is 11.3 Å². The van der Waals surface area contributed by atoms with E-state index in [1.165, 1.54) is 16.1 Å². The van der Waals surface area contributed by atoms with Gasteiger partial charge >= 0.3 is 0 Å². The molecule has 0 bridgehead atoms. The normalized spacial score (nSPS) is 10.7. The van der Waals surface area contributed by atoms with Gasteiger partial charge in [-0.2, -0.15) is 0 Å². The van der Waals surface area contributed by atoms with Crippen molar-refractivity contribution >= 4 is 17.0 Å². The predicted octanol–water partition coefficient (Wildman–Crippen LogP) is 2.59. The molecule has 4 nitrogen and oxygen atoms in total. The van der Waals surface area contributed by atoms with E-state index in [-0.39, 0.29) is 0 Å². The van der Waals surface area contributed by atoms with E-state index in [0.717, 1.165) is 25.3 Å². The Hall–Kier alpha value is -1.46. The number of hydrogen-bond acceptors (Lipinski definition) is 5. The standard InChI is InChI=1S/C14H20N4S/c1-4-15-7-12-8-16-6-5-13(12)18(3)9-14-11(2)17-10-19-14/h5-6,8,10,15H,4,7,9H2,1-3H3. The number of rotatable bonds is 6. The summed E-state index contributed by atoms with van der Waals surface area (Å²) in [7, 11) is 2.12. The highest BCUT2D eigenvalue weighted by Crippen LogP contribution is 2.22. The van der Waals surface area contributed by atoms with Gasteiger partial charge in [0.2, 0.25) is 0 Å². The Morgan fingerprint density at radius 3 is 2.95 bits per heavy atom. The van der Waals surface area contributed by atoms with Crippen molar-refractivity contribution in [3.63, 3.8) is 0 Å². The third-order valence-electron chi connectivity index (χ3n) is 3.08. The zero-order chi connectivity index (χ0) is 13.7. The zero-order valence-electron chi connectivity index (χ0n) is 11.7. The number of hydrogen-bond donors (Lipinski definition) is 1. The van der Waals surface area contributed by atoms with Crippen LogP contribution in [0.15, 0.2) is 24.0 Å². The van der Waals surface area contributed by atoms with E-state index < -0.39 is 0 Å². The third kappa shape index (κ3) is 3.52. The molecule has 2 heterocycles. The van der Waals surface area contributed by atoms with Crippen molar-refractivity contribution in [3.8, 4) is 0 Å². The van der Waals surface area contributed by atoms with Crippen LogP contribution in [-0.2, 0) is 13.1 Å². The van der Waals surface area contributed by atoms with Gasteiger partial charge in [-0.3, -0.25) is 4.98 Å². The second-order valence-corrected chi connectivity index (χ2v) is 5.44. The number of pyridine rings is 1. The highest BCUT2D eigenvalue weighted by molar-refractivity contribution is 7.09. The Kier molecular flexibility index (Phi) is 4.87. The Morgan fingerprint density at radius 1 is 1.42 bits per heavy atom. The summed E-state index contributed by atoms with van der Waals surface area (Å²) in [5.41, 5.74) is 5.49. The Balaban J connectivity index is 2.14. The van der Waals surface area contributed by atoms with Crippen molar-refractivity contribution in [1.82, 2.24) is 15.3 Å². The zero-order valence-corrected chi connectivity index (χ0v) is 12.5. The smallest absolute Gasteiger partial charge is 0.0798 e. The van der Waals surface area contributed by atoms with Crippen LogP contribution in [0.3, 0.4) is 0 Å². The molecular weight excluding hydrogens is 256 g/mol. The van der Waals surface area contributed by atoms with Crippen LogP contribution < -0.4 is 10.2 Å². The van der Waals surface area contributed by atoms with Crippen LogP contribution >= 0.6 is 11.3 Å². The van der Waals surface area contributed by atoms with E-state index in [4.69, 9.17) is 0 Å². The molecule has 1 N–H and O–H groups in total. The molecule has 0 saturated carbocycles. The summed E-state index contributed by atoms with van der Waals surface area (Å²) in [4.78, 5) is 12.1. The molecule has 102 valence electrons. The average molecular weight is 276 g/mol. The monoisotopic (exact) mass is 276 g/mol. The lowest BCUT2D eigenvalue weighted by atomic mass is 10.2. The summed E-state index contributed by atoms with van der Waals surface area (Å²) in [6.07, 6.45) is 3.79. The van der Waals surface area contributed by atoms with Gasteiger partial charge in [0, 0.05) is 42.1 Å². The van der Waals surface area contributed by atoms with Crippen molar-refractivity contribution in [2.75, 3.05) is 18.5 Å². The van der Waals surface area contributed by atoms with Crippen molar-refractivity contribution in [1.29, 1.82) is 0 Å². The lowest BCUT2D eigenvalue weighted by Gasteiger charge is -2.22. The first-order chi connectivity index (χ1) is 9.22. The summed E-state index contributed by atoms with van der Waals surface area (Å²) in [5, 5.41) is 3.35. The number of nitrogens with one attached hydrogen (secondary N) is 1. The molecule has 0 fully saturated rings. The third-order valence-corrected chi connectivity index (χ3v) is 4.00. The molecule has 19 heavy (non-hydrogen) atoms. The van der Waals surface area contributed by atoms with Gasteiger partial charge in [-0.05, 0) is 19.5 Å². The SMILES string of the molecule is CCNCc1cnccc1N(C)Cc1scnc1C. The second-order valence-electron chi connectivity index (χ2n) is 4.50. The van der Waals surface area contributed by atoms with E-state index in [1.54, 1.807) is 11.3 Å². The Morgan fingerprint density at radius 2 is 2.26 bits per heavy atom. The number of nitrogens with zero attached hydrogens (tertiary/aromatic N) is 3. The summed E-state index contributed by atoms with van der Waals surface area (Å²) in [6, 6.07) is 2.07. The van der Waals surface area contributed by atoms with Gasteiger partial charge in [0.15, 0.2) is 0 Å². The molecule has 2 aromatic heterocycles. The number of aryl methyl sites for hydroxylation is 1. The Labute approximate surface area is 118 Å². The van der Waals surface area contributed by atoms with E-state index in [1.807, 2.05) is 17.9 Å². The molecule has 0 amide bonds. The van der Waals surface area contributed by atoms with Gasteiger partial charge in [0.1, 0.15) is 0 Å².